The van der Waals surface area contributed by atoms with Crippen molar-refractivity contribution in [2.75, 3.05) is 10.6 Å². The fourth-order valence-electron chi connectivity index (χ4n) is 2.17. The third-order valence-electron chi connectivity index (χ3n) is 3.50. The fraction of sp³-hybridized carbons (Fsp3) is 0.111. The average molecular weight is 398 g/mol. The van der Waals surface area contributed by atoms with Crippen molar-refractivity contribution in [1.82, 2.24) is 15.0 Å². The van der Waals surface area contributed by atoms with Crippen molar-refractivity contribution in [3.05, 3.63) is 76.4 Å². The van der Waals surface area contributed by atoms with Crippen molar-refractivity contribution in [2.45, 2.75) is 13.5 Å². The zero-order chi connectivity index (χ0) is 17.6. The molecule has 2 N–H and O–H groups in total. The molecule has 0 fully saturated rings. The van der Waals surface area contributed by atoms with Gasteiger partial charge in [-0.05, 0) is 42.8 Å². The summed E-state index contributed by atoms with van der Waals surface area (Å²) >= 11 is 3.40. The summed E-state index contributed by atoms with van der Waals surface area (Å²) in [6.45, 7) is 2.47. The van der Waals surface area contributed by atoms with Gasteiger partial charge in [-0.15, -0.1) is 0 Å². The first-order valence-corrected chi connectivity index (χ1v) is 8.44. The number of aryl methyl sites for hydroxylation is 1. The molecular weight excluding hydrogens is 382 g/mol. The van der Waals surface area contributed by atoms with Gasteiger partial charge in [0.25, 0.3) is 5.91 Å². The van der Waals surface area contributed by atoms with Crippen LogP contribution in [0.2, 0.25) is 0 Å². The molecule has 2 heterocycles. The van der Waals surface area contributed by atoms with E-state index >= 15 is 0 Å². The van der Waals surface area contributed by atoms with E-state index in [1.54, 1.807) is 6.20 Å². The van der Waals surface area contributed by atoms with Crippen molar-refractivity contribution >= 4 is 33.3 Å². The van der Waals surface area contributed by atoms with Gasteiger partial charge in [-0.2, -0.15) is 0 Å². The van der Waals surface area contributed by atoms with Gasteiger partial charge in [0.2, 0.25) is 0 Å². The molecule has 1 aromatic carbocycles. The summed E-state index contributed by atoms with van der Waals surface area (Å²) in [5.74, 6) is 0.288. The number of carbonyl (C=O) groups excluding carboxylic acids is 1. The van der Waals surface area contributed by atoms with Crippen LogP contribution in [0.1, 0.15) is 21.7 Å². The van der Waals surface area contributed by atoms with E-state index in [4.69, 9.17) is 0 Å². The number of carbonyl (C=O) groups is 1. The molecule has 25 heavy (non-hydrogen) atoms. The summed E-state index contributed by atoms with van der Waals surface area (Å²) in [7, 11) is 0. The van der Waals surface area contributed by atoms with Gasteiger partial charge >= 0.3 is 0 Å². The molecule has 0 saturated heterocycles. The van der Waals surface area contributed by atoms with Crippen LogP contribution in [0.4, 0.5) is 11.5 Å². The first-order valence-electron chi connectivity index (χ1n) is 7.65. The van der Waals surface area contributed by atoms with Crippen LogP contribution >= 0.6 is 15.9 Å². The highest BCUT2D eigenvalue weighted by Crippen LogP contribution is 2.20. The van der Waals surface area contributed by atoms with Crippen LogP contribution in [-0.4, -0.2) is 20.9 Å². The monoisotopic (exact) mass is 397 g/mol. The van der Waals surface area contributed by atoms with Crippen LogP contribution in [-0.2, 0) is 6.54 Å². The number of halogens is 1. The lowest BCUT2D eigenvalue weighted by Crippen LogP contribution is -2.15. The van der Waals surface area contributed by atoms with Crippen molar-refractivity contribution in [3.63, 3.8) is 0 Å². The number of anilines is 2. The number of nitrogens with zero attached hydrogens (tertiary/aromatic N) is 3. The molecule has 0 aliphatic rings. The van der Waals surface area contributed by atoms with E-state index < -0.39 is 0 Å². The van der Waals surface area contributed by atoms with Crippen LogP contribution in [0.5, 0.6) is 0 Å². The molecule has 126 valence electrons. The molecule has 3 rings (SSSR count). The van der Waals surface area contributed by atoms with Crippen LogP contribution in [0, 0.1) is 6.92 Å². The first kappa shape index (κ1) is 17.0. The van der Waals surface area contributed by atoms with E-state index in [1.165, 1.54) is 12.4 Å². The van der Waals surface area contributed by atoms with E-state index in [9.17, 15) is 4.79 Å². The summed E-state index contributed by atoms with van der Waals surface area (Å²) in [6, 6.07) is 11.4. The molecule has 7 heteroatoms. The number of amides is 1. The number of hydrogen-bond donors (Lipinski definition) is 2. The number of nitrogens with one attached hydrogen (secondary N) is 2. The Kier molecular flexibility index (Phi) is 5.35. The van der Waals surface area contributed by atoms with Crippen LogP contribution in [0.3, 0.4) is 0 Å². The molecule has 0 aliphatic carbocycles. The van der Waals surface area contributed by atoms with E-state index in [0.717, 1.165) is 21.4 Å². The highest BCUT2D eigenvalue weighted by molar-refractivity contribution is 9.10. The lowest BCUT2D eigenvalue weighted by atomic mass is 10.2. The molecule has 1 amide bonds. The Bertz CT molecular complexity index is 868. The molecule has 0 atom stereocenters. The largest absolute Gasteiger partial charge is 0.363 e. The quantitative estimate of drug-likeness (QED) is 0.684. The van der Waals surface area contributed by atoms with E-state index in [-0.39, 0.29) is 11.6 Å². The normalized spacial score (nSPS) is 10.3. The number of aromatic nitrogens is 3. The van der Waals surface area contributed by atoms with Gasteiger partial charge in [-0.1, -0.05) is 22.0 Å². The smallest absolute Gasteiger partial charge is 0.275 e. The number of benzene rings is 1. The lowest BCUT2D eigenvalue weighted by molar-refractivity contribution is 0.102. The Morgan fingerprint density at radius 1 is 1.12 bits per heavy atom. The van der Waals surface area contributed by atoms with Gasteiger partial charge in [0.15, 0.2) is 0 Å². The van der Waals surface area contributed by atoms with E-state index in [2.05, 4.69) is 41.5 Å². The zero-order valence-corrected chi connectivity index (χ0v) is 15.1. The maximum atomic E-state index is 12.3. The van der Waals surface area contributed by atoms with Crippen LogP contribution in [0.15, 0.2) is 59.5 Å². The predicted octanol–water partition coefficient (Wildman–Crippen LogP) is 3.81. The minimum absolute atomic E-state index is 0.255. The van der Waals surface area contributed by atoms with E-state index in [0.29, 0.717) is 12.4 Å². The standard InChI is InChI=1S/C18H16BrN5O/c1-12-8-13(19)5-6-15(12)24-18(25)16-10-23-17(11-21-16)22-9-14-4-2-3-7-20-14/h2-8,10-11H,9H2,1H3,(H,22,23)(H,24,25). The van der Waals surface area contributed by atoms with Crippen molar-refractivity contribution in [2.24, 2.45) is 0 Å². The molecule has 3 aromatic rings. The minimum atomic E-state index is -0.297. The Labute approximate surface area is 153 Å². The van der Waals surface area contributed by atoms with Gasteiger partial charge in [0.1, 0.15) is 11.5 Å². The second kappa shape index (κ2) is 7.85. The highest BCUT2D eigenvalue weighted by atomic mass is 79.9. The van der Waals surface area contributed by atoms with Crippen molar-refractivity contribution in [3.8, 4) is 0 Å². The van der Waals surface area contributed by atoms with Gasteiger partial charge in [0, 0.05) is 16.4 Å². The molecule has 0 spiro atoms. The number of rotatable bonds is 5. The summed E-state index contributed by atoms with van der Waals surface area (Å²) in [6.07, 6.45) is 4.72. The minimum Gasteiger partial charge on any atom is -0.363 e. The summed E-state index contributed by atoms with van der Waals surface area (Å²) in [5, 5.41) is 5.96. The van der Waals surface area contributed by atoms with Crippen LogP contribution < -0.4 is 10.6 Å². The second-order valence-corrected chi connectivity index (χ2v) is 6.29. The maximum Gasteiger partial charge on any atom is 0.275 e. The van der Waals surface area contributed by atoms with Crippen molar-refractivity contribution < 1.29 is 4.79 Å². The molecule has 0 bridgehead atoms. The van der Waals surface area contributed by atoms with Crippen LogP contribution in [0.25, 0.3) is 0 Å². The van der Waals surface area contributed by atoms with Gasteiger partial charge in [-0.3, -0.25) is 9.78 Å². The Morgan fingerprint density at radius 3 is 2.68 bits per heavy atom. The molecule has 6 nitrogen and oxygen atoms in total. The van der Waals surface area contributed by atoms with Gasteiger partial charge < -0.3 is 10.6 Å². The molecule has 0 saturated carbocycles. The first-order chi connectivity index (χ1) is 12.1. The lowest BCUT2D eigenvalue weighted by Gasteiger charge is -2.09. The Morgan fingerprint density at radius 2 is 2.00 bits per heavy atom. The second-order valence-electron chi connectivity index (χ2n) is 5.37. The van der Waals surface area contributed by atoms with Crippen molar-refractivity contribution in [1.29, 1.82) is 0 Å². The van der Waals surface area contributed by atoms with Gasteiger partial charge in [0.05, 0.1) is 24.6 Å². The Hall–Kier alpha value is -2.80. The Balaban J connectivity index is 1.62. The molecule has 0 unspecified atom stereocenters. The number of hydrogen-bond acceptors (Lipinski definition) is 5. The number of pyridine rings is 1. The summed E-state index contributed by atoms with van der Waals surface area (Å²) in [5.41, 5.74) is 2.86. The summed E-state index contributed by atoms with van der Waals surface area (Å²) in [4.78, 5) is 24.9. The SMILES string of the molecule is Cc1cc(Br)ccc1NC(=O)c1cnc(NCc2ccccn2)cn1. The summed E-state index contributed by atoms with van der Waals surface area (Å²) < 4.78 is 0.964. The molecular formula is C18H16BrN5O. The fourth-order valence-corrected chi connectivity index (χ4v) is 2.65. The zero-order valence-electron chi connectivity index (χ0n) is 13.5. The average Bonchev–Trinajstić information content (AvgIpc) is 2.63. The molecule has 0 aliphatic heterocycles. The maximum absolute atomic E-state index is 12.3. The molecule has 0 radical (unpaired) electrons. The third-order valence-corrected chi connectivity index (χ3v) is 3.99. The molecule has 2 aromatic heterocycles. The van der Waals surface area contributed by atoms with Gasteiger partial charge in [-0.25, -0.2) is 9.97 Å². The topological polar surface area (TPSA) is 79.8 Å². The highest BCUT2D eigenvalue weighted by Gasteiger charge is 2.10. The van der Waals surface area contributed by atoms with E-state index in [1.807, 2.05) is 43.3 Å². The predicted molar refractivity (Wildman–Crippen MR) is 100 cm³/mol. The third kappa shape index (κ3) is 4.60.